The van der Waals surface area contributed by atoms with E-state index in [4.69, 9.17) is 9.72 Å². The van der Waals surface area contributed by atoms with E-state index in [-0.39, 0.29) is 5.91 Å². The van der Waals surface area contributed by atoms with Crippen molar-refractivity contribution in [3.63, 3.8) is 0 Å². The quantitative estimate of drug-likeness (QED) is 0.837. The van der Waals surface area contributed by atoms with Gasteiger partial charge in [-0.3, -0.25) is 9.69 Å². The van der Waals surface area contributed by atoms with Crippen molar-refractivity contribution in [3.8, 4) is 0 Å². The number of aromatic nitrogens is 1. The van der Waals surface area contributed by atoms with Crippen LogP contribution in [0.4, 0.5) is 5.82 Å². The number of benzene rings is 1. The topological polar surface area (TPSA) is 48.9 Å². The Morgan fingerprint density at radius 3 is 2.58 bits per heavy atom. The van der Waals surface area contributed by atoms with Crippen LogP contribution in [0, 0.1) is 6.92 Å². The van der Waals surface area contributed by atoms with Gasteiger partial charge in [-0.1, -0.05) is 18.2 Å². The van der Waals surface area contributed by atoms with Gasteiger partial charge in [0.1, 0.15) is 5.82 Å². The minimum atomic E-state index is 0.224. The van der Waals surface area contributed by atoms with E-state index in [1.165, 1.54) is 10.9 Å². The molecule has 26 heavy (non-hydrogen) atoms. The lowest BCUT2D eigenvalue weighted by molar-refractivity contribution is -0.136. The molecular weight excluding hydrogens is 328 g/mol. The number of hydrogen-bond donors (Lipinski definition) is 0. The Morgan fingerprint density at radius 2 is 1.81 bits per heavy atom. The van der Waals surface area contributed by atoms with Gasteiger partial charge < -0.3 is 14.5 Å². The van der Waals surface area contributed by atoms with Gasteiger partial charge in [0, 0.05) is 44.7 Å². The van der Waals surface area contributed by atoms with Crippen molar-refractivity contribution in [2.45, 2.75) is 6.92 Å². The minimum absolute atomic E-state index is 0.224. The lowest BCUT2D eigenvalue weighted by Crippen LogP contribution is -2.51. The highest BCUT2D eigenvalue weighted by Gasteiger charge is 2.23. The highest BCUT2D eigenvalue weighted by Crippen LogP contribution is 2.23. The summed E-state index contributed by atoms with van der Waals surface area (Å²) in [5.41, 5.74) is 2.31. The van der Waals surface area contributed by atoms with E-state index in [9.17, 15) is 4.79 Å². The summed E-state index contributed by atoms with van der Waals surface area (Å²) in [6, 6.07) is 10.5. The number of pyridine rings is 1. The SMILES string of the molecule is Cc1cc(N2CCN(CC(=O)N3CCOCC3)CC2)nc2ccccc12. The zero-order chi connectivity index (χ0) is 17.9. The summed E-state index contributed by atoms with van der Waals surface area (Å²) in [5.74, 6) is 1.27. The van der Waals surface area contributed by atoms with Crippen LogP contribution in [0.3, 0.4) is 0 Å². The van der Waals surface area contributed by atoms with E-state index in [2.05, 4.69) is 41.0 Å². The van der Waals surface area contributed by atoms with Gasteiger partial charge in [-0.05, 0) is 24.6 Å². The zero-order valence-corrected chi connectivity index (χ0v) is 15.4. The van der Waals surface area contributed by atoms with E-state index < -0.39 is 0 Å². The molecule has 0 spiro atoms. The molecule has 0 atom stereocenters. The summed E-state index contributed by atoms with van der Waals surface area (Å²) >= 11 is 0. The molecule has 0 unspecified atom stereocenters. The first-order valence-corrected chi connectivity index (χ1v) is 9.40. The molecule has 0 N–H and O–H groups in total. The molecule has 1 amide bonds. The van der Waals surface area contributed by atoms with E-state index in [0.717, 1.165) is 50.6 Å². The van der Waals surface area contributed by atoms with Gasteiger partial charge in [-0.15, -0.1) is 0 Å². The first kappa shape index (κ1) is 17.2. The van der Waals surface area contributed by atoms with Gasteiger partial charge in [-0.2, -0.15) is 0 Å². The molecule has 2 saturated heterocycles. The first-order chi connectivity index (χ1) is 12.7. The van der Waals surface area contributed by atoms with Crippen molar-refractivity contribution in [2.75, 3.05) is 63.9 Å². The van der Waals surface area contributed by atoms with Crippen molar-refractivity contribution >= 4 is 22.6 Å². The van der Waals surface area contributed by atoms with Gasteiger partial charge in [0.05, 0.1) is 25.3 Å². The average molecular weight is 354 g/mol. The third-order valence-electron chi connectivity index (χ3n) is 5.33. The summed E-state index contributed by atoms with van der Waals surface area (Å²) in [4.78, 5) is 23.8. The Morgan fingerprint density at radius 1 is 1.08 bits per heavy atom. The number of anilines is 1. The Labute approximate surface area is 154 Å². The van der Waals surface area contributed by atoms with E-state index >= 15 is 0 Å². The number of carbonyl (C=O) groups is 1. The largest absolute Gasteiger partial charge is 0.378 e. The maximum atomic E-state index is 12.4. The predicted molar refractivity (Wildman–Crippen MR) is 103 cm³/mol. The van der Waals surface area contributed by atoms with E-state index in [1.54, 1.807) is 0 Å². The van der Waals surface area contributed by atoms with Crippen LogP contribution in [0.2, 0.25) is 0 Å². The summed E-state index contributed by atoms with van der Waals surface area (Å²) in [6.45, 7) is 9.01. The van der Waals surface area contributed by atoms with Crippen molar-refractivity contribution < 1.29 is 9.53 Å². The molecule has 1 aromatic carbocycles. The molecule has 1 aromatic heterocycles. The van der Waals surface area contributed by atoms with E-state index in [1.807, 2.05) is 11.0 Å². The fourth-order valence-electron chi connectivity index (χ4n) is 3.73. The predicted octanol–water partition coefficient (Wildman–Crippen LogP) is 1.52. The van der Waals surface area contributed by atoms with Crippen LogP contribution >= 0.6 is 0 Å². The normalized spacial score (nSPS) is 19.1. The van der Waals surface area contributed by atoms with Crippen molar-refractivity contribution in [2.24, 2.45) is 0 Å². The smallest absolute Gasteiger partial charge is 0.236 e. The molecule has 0 aliphatic carbocycles. The third kappa shape index (κ3) is 3.66. The summed E-state index contributed by atoms with van der Waals surface area (Å²) < 4.78 is 5.32. The van der Waals surface area contributed by atoms with Gasteiger partial charge in [0.2, 0.25) is 5.91 Å². The third-order valence-corrected chi connectivity index (χ3v) is 5.33. The number of morpholine rings is 1. The molecule has 3 heterocycles. The minimum Gasteiger partial charge on any atom is -0.378 e. The first-order valence-electron chi connectivity index (χ1n) is 9.40. The maximum absolute atomic E-state index is 12.4. The van der Waals surface area contributed by atoms with Gasteiger partial charge >= 0.3 is 0 Å². The Kier molecular flexibility index (Phi) is 5.04. The van der Waals surface area contributed by atoms with Gasteiger partial charge in [0.15, 0.2) is 0 Å². The number of amides is 1. The van der Waals surface area contributed by atoms with Crippen LogP contribution in [0.15, 0.2) is 30.3 Å². The highest BCUT2D eigenvalue weighted by atomic mass is 16.5. The molecule has 2 aromatic rings. The van der Waals surface area contributed by atoms with Crippen LogP contribution in [-0.4, -0.2) is 79.7 Å². The molecule has 4 rings (SSSR count). The number of nitrogens with zero attached hydrogens (tertiary/aromatic N) is 4. The Bertz CT molecular complexity index is 780. The van der Waals surface area contributed by atoms with Gasteiger partial charge in [0.25, 0.3) is 0 Å². The van der Waals surface area contributed by atoms with Gasteiger partial charge in [-0.25, -0.2) is 4.98 Å². The summed E-state index contributed by atoms with van der Waals surface area (Å²) in [6.07, 6.45) is 0. The number of carbonyl (C=O) groups excluding carboxylic acids is 1. The molecule has 6 heteroatoms. The number of ether oxygens (including phenoxy) is 1. The molecule has 2 aliphatic rings. The maximum Gasteiger partial charge on any atom is 0.236 e. The molecule has 0 bridgehead atoms. The van der Waals surface area contributed by atoms with Crippen molar-refractivity contribution in [1.82, 2.24) is 14.8 Å². The Balaban J connectivity index is 1.37. The van der Waals surface area contributed by atoms with Crippen LogP contribution in [0.25, 0.3) is 10.9 Å². The lowest BCUT2D eigenvalue weighted by atomic mass is 10.1. The second kappa shape index (κ2) is 7.60. The molecule has 6 nitrogen and oxygen atoms in total. The number of aryl methyl sites for hydroxylation is 1. The van der Waals surface area contributed by atoms with E-state index in [0.29, 0.717) is 19.8 Å². The lowest BCUT2D eigenvalue weighted by Gasteiger charge is -2.36. The number of fused-ring (bicyclic) bond motifs is 1. The molecule has 0 radical (unpaired) electrons. The summed E-state index contributed by atoms with van der Waals surface area (Å²) in [7, 11) is 0. The second-order valence-electron chi connectivity index (χ2n) is 7.07. The number of rotatable bonds is 3. The van der Waals surface area contributed by atoms with Crippen LogP contribution in [-0.2, 0) is 9.53 Å². The Hall–Kier alpha value is -2.18. The number of para-hydroxylation sites is 1. The average Bonchev–Trinajstić information content (AvgIpc) is 2.69. The number of piperazine rings is 1. The molecule has 138 valence electrons. The zero-order valence-electron chi connectivity index (χ0n) is 15.4. The van der Waals surface area contributed by atoms with Crippen molar-refractivity contribution in [3.05, 3.63) is 35.9 Å². The summed E-state index contributed by atoms with van der Waals surface area (Å²) in [5, 5.41) is 1.21. The molecule has 2 fully saturated rings. The molecule has 2 aliphatic heterocycles. The van der Waals surface area contributed by atoms with Crippen LogP contribution in [0.5, 0.6) is 0 Å². The molecule has 0 saturated carbocycles. The number of hydrogen-bond acceptors (Lipinski definition) is 5. The molecular formula is C20H26N4O2. The van der Waals surface area contributed by atoms with Crippen molar-refractivity contribution in [1.29, 1.82) is 0 Å². The fraction of sp³-hybridized carbons (Fsp3) is 0.500. The highest BCUT2D eigenvalue weighted by molar-refractivity contribution is 5.83. The fourth-order valence-corrected chi connectivity index (χ4v) is 3.73. The second-order valence-corrected chi connectivity index (χ2v) is 7.07. The standard InChI is InChI=1S/C20H26N4O2/c1-16-14-19(21-18-5-3-2-4-17(16)18)23-8-6-22(7-9-23)15-20(25)24-10-12-26-13-11-24/h2-5,14H,6-13,15H2,1H3. The van der Waals surface area contributed by atoms with Crippen LogP contribution < -0.4 is 4.90 Å². The van der Waals surface area contributed by atoms with Crippen LogP contribution in [0.1, 0.15) is 5.56 Å². The monoisotopic (exact) mass is 354 g/mol.